The van der Waals surface area contributed by atoms with E-state index in [4.69, 9.17) is 9.72 Å². The first-order valence-corrected chi connectivity index (χ1v) is 9.99. The highest BCUT2D eigenvalue weighted by Crippen LogP contribution is 2.27. The minimum atomic E-state index is -0.280. The molecule has 0 N–H and O–H groups in total. The lowest BCUT2D eigenvalue weighted by molar-refractivity contribution is 0.415. The Morgan fingerprint density at radius 2 is 1.82 bits per heavy atom. The molecule has 1 atom stereocenters. The molecule has 0 aliphatic rings. The van der Waals surface area contributed by atoms with E-state index in [0.29, 0.717) is 16.0 Å². The van der Waals surface area contributed by atoms with Crippen molar-refractivity contribution in [2.45, 2.75) is 26.3 Å². The van der Waals surface area contributed by atoms with Crippen molar-refractivity contribution < 1.29 is 4.74 Å². The fourth-order valence-electron chi connectivity index (χ4n) is 3.30. The van der Waals surface area contributed by atoms with Crippen molar-refractivity contribution >= 4 is 31.6 Å². The van der Waals surface area contributed by atoms with Crippen LogP contribution in [-0.2, 0) is 0 Å². The van der Waals surface area contributed by atoms with Crippen molar-refractivity contribution in [2.24, 2.45) is 0 Å². The SMILES string of the molecule is CCC(C)n1c(-c2ccc(OC)cc2)nc2sc3ccccc3c(=O)c2c1=O. The number of benzene rings is 2. The quantitative estimate of drug-likeness (QED) is 0.476. The Bertz CT molecular complexity index is 1290. The van der Waals surface area contributed by atoms with Crippen LogP contribution in [0.25, 0.3) is 31.7 Å². The Labute approximate surface area is 165 Å². The highest BCUT2D eigenvalue weighted by molar-refractivity contribution is 7.24. The summed E-state index contributed by atoms with van der Waals surface area (Å²) in [4.78, 5) is 31.7. The number of nitrogens with zero attached hydrogens (tertiary/aromatic N) is 2. The summed E-state index contributed by atoms with van der Waals surface area (Å²) in [5.74, 6) is 1.30. The maximum absolute atomic E-state index is 13.4. The third-order valence-corrected chi connectivity index (χ3v) is 6.09. The van der Waals surface area contributed by atoms with Gasteiger partial charge in [-0.05, 0) is 49.7 Å². The lowest BCUT2D eigenvalue weighted by atomic mass is 10.1. The van der Waals surface area contributed by atoms with E-state index in [1.807, 2.05) is 56.3 Å². The lowest BCUT2D eigenvalue weighted by Crippen LogP contribution is -2.29. The van der Waals surface area contributed by atoms with Crippen LogP contribution in [0.15, 0.2) is 58.1 Å². The number of aromatic nitrogens is 2. The largest absolute Gasteiger partial charge is 0.497 e. The minimum Gasteiger partial charge on any atom is -0.497 e. The first-order valence-electron chi connectivity index (χ1n) is 9.17. The van der Waals surface area contributed by atoms with Gasteiger partial charge in [0.15, 0.2) is 0 Å². The van der Waals surface area contributed by atoms with Gasteiger partial charge in [0.1, 0.15) is 21.8 Å². The number of rotatable bonds is 4. The summed E-state index contributed by atoms with van der Waals surface area (Å²) >= 11 is 1.37. The summed E-state index contributed by atoms with van der Waals surface area (Å²) in [6, 6.07) is 14.7. The third kappa shape index (κ3) is 2.90. The van der Waals surface area contributed by atoms with Gasteiger partial charge < -0.3 is 4.74 Å². The number of fused-ring (bicyclic) bond motifs is 2. The van der Waals surface area contributed by atoms with E-state index in [-0.39, 0.29) is 22.4 Å². The van der Waals surface area contributed by atoms with Crippen LogP contribution in [0.2, 0.25) is 0 Å². The van der Waals surface area contributed by atoms with Gasteiger partial charge in [0, 0.05) is 21.7 Å². The Hall–Kier alpha value is -2.99. The standard InChI is InChI=1S/C22H20N2O3S/c1-4-13(2)24-20(14-9-11-15(27-3)12-10-14)23-21-18(22(24)26)19(25)16-7-5-6-8-17(16)28-21/h5-13H,4H2,1-3H3. The van der Waals surface area contributed by atoms with Crippen molar-refractivity contribution in [2.75, 3.05) is 7.11 Å². The van der Waals surface area contributed by atoms with Crippen molar-refractivity contribution in [1.29, 1.82) is 0 Å². The highest BCUT2D eigenvalue weighted by Gasteiger charge is 2.20. The van der Waals surface area contributed by atoms with Crippen LogP contribution in [0.3, 0.4) is 0 Å². The van der Waals surface area contributed by atoms with E-state index in [1.165, 1.54) is 11.3 Å². The van der Waals surface area contributed by atoms with Gasteiger partial charge in [-0.2, -0.15) is 0 Å². The van der Waals surface area contributed by atoms with Gasteiger partial charge >= 0.3 is 0 Å². The van der Waals surface area contributed by atoms with E-state index < -0.39 is 0 Å². The molecule has 4 aromatic rings. The molecule has 0 saturated carbocycles. The summed E-state index contributed by atoms with van der Waals surface area (Å²) in [5, 5.41) is 0.730. The number of hydrogen-bond donors (Lipinski definition) is 0. The number of ether oxygens (including phenoxy) is 1. The number of methoxy groups -OCH3 is 1. The summed E-state index contributed by atoms with van der Waals surface area (Å²) in [5.41, 5.74) is 0.283. The van der Waals surface area contributed by atoms with Crippen molar-refractivity contribution in [1.82, 2.24) is 9.55 Å². The van der Waals surface area contributed by atoms with Crippen LogP contribution in [-0.4, -0.2) is 16.7 Å². The molecule has 0 bridgehead atoms. The Morgan fingerprint density at radius 3 is 2.50 bits per heavy atom. The van der Waals surface area contributed by atoms with E-state index in [9.17, 15) is 9.59 Å². The molecule has 2 aromatic heterocycles. The maximum Gasteiger partial charge on any atom is 0.266 e. The molecule has 0 amide bonds. The summed E-state index contributed by atoms with van der Waals surface area (Å²) in [6.07, 6.45) is 0.751. The molecule has 2 heterocycles. The predicted molar refractivity (Wildman–Crippen MR) is 115 cm³/mol. The van der Waals surface area contributed by atoms with Gasteiger partial charge in [-0.25, -0.2) is 4.98 Å². The van der Waals surface area contributed by atoms with Crippen LogP contribution in [0.1, 0.15) is 26.3 Å². The lowest BCUT2D eigenvalue weighted by Gasteiger charge is -2.18. The molecule has 6 heteroatoms. The molecule has 0 fully saturated rings. The van der Waals surface area contributed by atoms with Crippen molar-refractivity contribution in [3.05, 3.63) is 69.1 Å². The topological polar surface area (TPSA) is 61.2 Å². The smallest absolute Gasteiger partial charge is 0.266 e. The molecule has 0 spiro atoms. The van der Waals surface area contributed by atoms with E-state index in [0.717, 1.165) is 22.4 Å². The second kappa shape index (κ2) is 7.20. The zero-order valence-electron chi connectivity index (χ0n) is 15.9. The fourth-order valence-corrected chi connectivity index (χ4v) is 4.34. The Balaban J connectivity index is 2.12. The minimum absolute atomic E-state index is 0.0858. The van der Waals surface area contributed by atoms with Gasteiger partial charge in [0.25, 0.3) is 5.56 Å². The Kier molecular flexibility index (Phi) is 4.73. The molecular weight excluding hydrogens is 372 g/mol. The normalized spacial score (nSPS) is 12.4. The molecule has 0 aliphatic heterocycles. The average molecular weight is 392 g/mol. The molecule has 2 aromatic carbocycles. The Morgan fingerprint density at radius 1 is 1.11 bits per heavy atom. The van der Waals surface area contributed by atoms with E-state index in [1.54, 1.807) is 17.7 Å². The molecule has 1 unspecified atom stereocenters. The molecular formula is C22H20N2O3S. The average Bonchev–Trinajstić information content (AvgIpc) is 2.73. The zero-order valence-corrected chi connectivity index (χ0v) is 16.7. The maximum atomic E-state index is 13.4. The molecule has 4 rings (SSSR count). The third-order valence-electron chi connectivity index (χ3n) is 5.03. The number of hydrogen-bond acceptors (Lipinski definition) is 5. The zero-order chi connectivity index (χ0) is 19.8. The van der Waals surface area contributed by atoms with Gasteiger partial charge in [-0.1, -0.05) is 19.1 Å². The van der Waals surface area contributed by atoms with Crippen molar-refractivity contribution in [3.8, 4) is 17.1 Å². The van der Waals surface area contributed by atoms with E-state index in [2.05, 4.69) is 0 Å². The second-order valence-electron chi connectivity index (χ2n) is 6.70. The van der Waals surface area contributed by atoms with Crippen LogP contribution in [0, 0.1) is 0 Å². The van der Waals surface area contributed by atoms with Crippen molar-refractivity contribution in [3.63, 3.8) is 0 Å². The summed E-state index contributed by atoms with van der Waals surface area (Å²) < 4.78 is 7.71. The fraction of sp³-hybridized carbons (Fsp3) is 0.227. The molecule has 0 saturated heterocycles. The highest BCUT2D eigenvalue weighted by atomic mass is 32.1. The summed E-state index contributed by atoms with van der Waals surface area (Å²) in [7, 11) is 1.61. The molecule has 142 valence electrons. The van der Waals surface area contributed by atoms with Crippen LogP contribution in [0.5, 0.6) is 5.75 Å². The van der Waals surface area contributed by atoms with Crippen LogP contribution >= 0.6 is 11.3 Å². The van der Waals surface area contributed by atoms with Crippen LogP contribution in [0.4, 0.5) is 0 Å². The van der Waals surface area contributed by atoms with Crippen LogP contribution < -0.4 is 15.7 Å². The second-order valence-corrected chi connectivity index (χ2v) is 7.73. The monoisotopic (exact) mass is 392 g/mol. The first kappa shape index (κ1) is 18.4. The van der Waals surface area contributed by atoms with Gasteiger partial charge in [-0.15, -0.1) is 11.3 Å². The molecule has 0 aliphatic carbocycles. The van der Waals surface area contributed by atoms with Gasteiger partial charge in [0.05, 0.1) is 7.11 Å². The van der Waals surface area contributed by atoms with Gasteiger partial charge in [0.2, 0.25) is 5.43 Å². The molecule has 5 nitrogen and oxygen atoms in total. The summed E-state index contributed by atoms with van der Waals surface area (Å²) in [6.45, 7) is 3.98. The van der Waals surface area contributed by atoms with Gasteiger partial charge in [-0.3, -0.25) is 14.2 Å². The van der Waals surface area contributed by atoms with E-state index >= 15 is 0 Å². The first-order chi connectivity index (χ1) is 13.5. The molecule has 28 heavy (non-hydrogen) atoms. The molecule has 0 radical (unpaired) electrons. The predicted octanol–water partition coefficient (Wildman–Crippen LogP) is 4.62.